The van der Waals surface area contributed by atoms with Gasteiger partial charge in [-0.1, -0.05) is 18.5 Å². The topological polar surface area (TPSA) is 53.4 Å². The summed E-state index contributed by atoms with van der Waals surface area (Å²) in [7, 11) is 0. The van der Waals surface area contributed by atoms with E-state index in [4.69, 9.17) is 11.6 Å². The van der Waals surface area contributed by atoms with Crippen LogP contribution < -0.4 is 5.56 Å². The van der Waals surface area contributed by atoms with Crippen LogP contribution in [0.4, 0.5) is 26.3 Å². The predicted molar refractivity (Wildman–Crippen MR) is 108 cm³/mol. The fourth-order valence-electron chi connectivity index (χ4n) is 3.26. The number of alkyl halides is 6. The molecule has 0 spiro atoms. The number of ether oxygens (including phenoxy) is 2. The minimum absolute atomic E-state index is 0.0406. The molecule has 0 radical (unpaired) electrons. The summed E-state index contributed by atoms with van der Waals surface area (Å²) in [5.74, 6) is 0.499. The second-order valence-electron chi connectivity index (χ2n) is 9.07. The summed E-state index contributed by atoms with van der Waals surface area (Å²) in [6, 6.07) is 0. The van der Waals surface area contributed by atoms with Gasteiger partial charge in [0.1, 0.15) is 5.02 Å². The SMILES string of the molecule is CC1(CSc2cnn(C(C)(C)C)c(=O)c2Cl)CCC(OC(F)(F)C(F)OC(F)(F)F)CC1. The highest BCUT2D eigenvalue weighted by molar-refractivity contribution is 7.99. The average Bonchev–Trinajstić information content (AvgIpc) is 2.62. The van der Waals surface area contributed by atoms with Gasteiger partial charge < -0.3 is 4.74 Å². The molecule has 0 amide bonds. The van der Waals surface area contributed by atoms with Crippen molar-refractivity contribution in [1.82, 2.24) is 9.78 Å². The maximum Gasteiger partial charge on any atom is 0.525 e. The van der Waals surface area contributed by atoms with Crippen LogP contribution in [0.3, 0.4) is 0 Å². The van der Waals surface area contributed by atoms with Gasteiger partial charge in [0.25, 0.3) is 11.9 Å². The first kappa shape index (κ1) is 27.3. The highest BCUT2D eigenvalue weighted by Crippen LogP contribution is 2.43. The van der Waals surface area contributed by atoms with Gasteiger partial charge in [-0.2, -0.15) is 13.9 Å². The molecule has 13 heteroatoms. The second-order valence-corrected chi connectivity index (χ2v) is 10.5. The van der Waals surface area contributed by atoms with Gasteiger partial charge in [-0.15, -0.1) is 24.9 Å². The van der Waals surface area contributed by atoms with E-state index in [1.807, 2.05) is 27.7 Å². The molecule has 0 saturated heterocycles. The number of thioether (sulfide) groups is 1. The van der Waals surface area contributed by atoms with Crippen LogP contribution in [0.1, 0.15) is 53.4 Å². The predicted octanol–water partition coefficient (Wildman–Crippen LogP) is 6.13. The van der Waals surface area contributed by atoms with Gasteiger partial charge in [-0.05, 0) is 51.9 Å². The van der Waals surface area contributed by atoms with Crippen molar-refractivity contribution in [3.05, 3.63) is 21.6 Å². The fraction of sp³-hybridized carbons (Fsp3) is 0.789. The lowest BCUT2D eigenvalue weighted by molar-refractivity contribution is -0.429. The monoisotopic (exact) mass is 510 g/mol. The maximum atomic E-state index is 13.6. The Labute approximate surface area is 190 Å². The average molecular weight is 511 g/mol. The minimum Gasteiger partial charge on any atom is -0.313 e. The Kier molecular flexibility index (Phi) is 8.28. The summed E-state index contributed by atoms with van der Waals surface area (Å²) in [5, 5.41) is 4.20. The van der Waals surface area contributed by atoms with E-state index in [-0.39, 0.29) is 23.3 Å². The smallest absolute Gasteiger partial charge is 0.313 e. The van der Waals surface area contributed by atoms with E-state index in [0.29, 0.717) is 23.5 Å². The van der Waals surface area contributed by atoms with E-state index in [1.165, 1.54) is 22.6 Å². The third-order valence-corrected chi connectivity index (χ3v) is 7.00. The van der Waals surface area contributed by atoms with Gasteiger partial charge in [0.05, 0.1) is 22.7 Å². The minimum atomic E-state index is -5.54. The number of hydrogen-bond donors (Lipinski definition) is 0. The van der Waals surface area contributed by atoms with Crippen molar-refractivity contribution in [3.8, 4) is 0 Å². The van der Waals surface area contributed by atoms with E-state index in [2.05, 4.69) is 14.6 Å². The van der Waals surface area contributed by atoms with Crippen LogP contribution in [0.5, 0.6) is 0 Å². The molecule has 1 aromatic rings. The van der Waals surface area contributed by atoms with Gasteiger partial charge in [0, 0.05) is 5.75 Å². The normalized spacial score (nSPS) is 23.9. The lowest BCUT2D eigenvalue weighted by atomic mass is 9.76. The number of rotatable bonds is 7. The lowest BCUT2D eigenvalue weighted by Crippen LogP contribution is -2.43. The first-order valence-corrected chi connectivity index (χ1v) is 11.2. The summed E-state index contributed by atoms with van der Waals surface area (Å²) in [5.41, 5.74) is -1.30. The standard InChI is InChI=1S/C19H25ClF6N2O3S/c1-16(2,3)28-14(29)13(20)12(9-27-28)32-10-17(4)7-5-11(6-8-17)30-18(22,23)15(21)31-19(24,25)26/h9,11,15H,5-8,10H2,1-4H3. The summed E-state index contributed by atoms with van der Waals surface area (Å²) in [4.78, 5) is 12.9. The van der Waals surface area contributed by atoms with Gasteiger partial charge in [-0.25, -0.2) is 13.8 Å². The largest absolute Gasteiger partial charge is 0.525 e. The molecule has 0 N–H and O–H groups in total. The molecule has 1 fully saturated rings. The summed E-state index contributed by atoms with van der Waals surface area (Å²) < 4.78 is 84.7. The molecule has 1 unspecified atom stereocenters. The van der Waals surface area contributed by atoms with Crippen LogP contribution in [0.25, 0.3) is 0 Å². The Morgan fingerprint density at radius 3 is 2.31 bits per heavy atom. The Hall–Kier alpha value is -0.980. The molecule has 32 heavy (non-hydrogen) atoms. The molecule has 0 aromatic carbocycles. The highest BCUT2D eigenvalue weighted by Gasteiger charge is 2.51. The first-order chi connectivity index (χ1) is 14.4. The maximum absolute atomic E-state index is 13.6. The van der Waals surface area contributed by atoms with Crippen LogP contribution in [0.15, 0.2) is 15.9 Å². The van der Waals surface area contributed by atoms with Crippen LogP contribution in [0, 0.1) is 5.41 Å². The number of nitrogens with zero attached hydrogens (tertiary/aromatic N) is 2. The number of halogens is 7. The summed E-state index contributed by atoms with van der Waals surface area (Å²) in [6.45, 7) is 7.36. The third kappa shape index (κ3) is 7.26. The molecule has 5 nitrogen and oxygen atoms in total. The Balaban J connectivity index is 1.94. The van der Waals surface area contributed by atoms with E-state index >= 15 is 0 Å². The van der Waals surface area contributed by atoms with Crippen molar-refractivity contribution in [2.45, 2.75) is 88.7 Å². The van der Waals surface area contributed by atoms with Crippen LogP contribution in [0.2, 0.25) is 5.02 Å². The Morgan fingerprint density at radius 1 is 1.25 bits per heavy atom. The number of aromatic nitrogens is 2. The van der Waals surface area contributed by atoms with Gasteiger partial charge in [0.2, 0.25) is 0 Å². The molecular weight excluding hydrogens is 486 g/mol. The van der Waals surface area contributed by atoms with Crippen molar-refractivity contribution in [3.63, 3.8) is 0 Å². The fourth-order valence-corrected chi connectivity index (χ4v) is 4.68. The molecule has 1 aliphatic rings. The van der Waals surface area contributed by atoms with Gasteiger partial charge in [-0.3, -0.25) is 4.79 Å². The zero-order valence-electron chi connectivity index (χ0n) is 17.9. The molecule has 1 aromatic heterocycles. The second kappa shape index (κ2) is 9.71. The molecule has 1 saturated carbocycles. The van der Waals surface area contributed by atoms with Crippen molar-refractivity contribution in [2.24, 2.45) is 5.41 Å². The van der Waals surface area contributed by atoms with Crippen LogP contribution >= 0.6 is 23.4 Å². The molecule has 2 rings (SSSR count). The quantitative estimate of drug-likeness (QED) is 0.326. The molecular formula is C19H25ClF6N2O3S. The van der Waals surface area contributed by atoms with Crippen molar-refractivity contribution >= 4 is 23.4 Å². The third-order valence-electron chi connectivity index (χ3n) is 5.06. The Bertz CT molecular complexity index is 851. The zero-order valence-corrected chi connectivity index (χ0v) is 19.5. The van der Waals surface area contributed by atoms with E-state index in [1.54, 1.807) is 0 Å². The first-order valence-electron chi connectivity index (χ1n) is 9.79. The molecule has 184 valence electrons. The summed E-state index contributed by atoms with van der Waals surface area (Å²) in [6.07, 6.45) is -12.8. The van der Waals surface area contributed by atoms with E-state index < -0.39 is 36.0 Å². The van der Waals surface area contributed by atoms with Gasteiger partial charge in [0.15, 0.2) is 0 Å². The molecule has 1 atom stereocenters. The molecule has 1 aliphatic carbocycles. The lowest BCUT2D eigenvalue weighted by Gasteiger charge is -2.38. The Morgan fingerprint density at radius 2 is 1.81 bits per heavy atom. The summed E-state index contributed by atoms with van der Waals surface area (Å²) >= 11 is 7.52. The van der Waals surface area contributed by atoms with Crippen LogP contribution in [-0.2, 0) is 15.0 Å². The molecule has 1 heterocycles. The zero-order chi connectivity index (χ0) is 24.5. The van der Waals surface area contributed by atoms with Crippen molar-refractivity contribution in [1.29, 1.82) is 0 Å². The van der Waals surface area contributed by atoms with Crippen LogP contribution in [-0.4, -0.2) is 40.5 Å². The van der Waals surface area contributed by atoms with Crippen molar-refractivity contribution in [2.75, 3.05) is 5.75 Å². The van der Waals surface area contributed by atoms with E-state index in [0.717, 1.165) is 0 Å². The van der Waals surface area contributed by atoms with Gasteiger partial charge >= 0.3 is 12.5 Å². The molecule has 0 aliphatic heterocycles. The molecule has 0 bridgehead atoms. The highest BCUT2D eigenvalue weighted by atomic mass is 35.5. The van der Waals surface area contributed by atoms with Crippen molar-refractivity contribution < 1.29 is 35.8 Å². The number of hydrogen-bond acceptors (Lipinski definition) is 5. The van der Waals surface area contributed by atoms with E-state index in [9.17, 15) is 31.1 Å².